The minimum absolute atomic E-state index is 0.0830. The molecule has 2 amide bonds. The highest BCUT2D eigenvalue weighted by Crippen LogP contribution is 2.28. The summed E-state index contributed by atoms with van der Waals surface area (Å²) in [6, 6.07) is 4.20. The highest BCUT2D eigenvalue weighted by Gasteiger charge is 2.38. The van der Waals surface area contributed by atoms with Crippen LogP contribution in [0, 0.1) is 5.92 Å². The summed E-state index contributed by atoms with van der Waals surface area (Å²) < 4.78 is 0. The average Bonchev–Trinajstić information content (AvgIpc) is 3.18. The lowest BCUT2D eigenvalue weighted by molar-refractivity contribution is -0.140. The van der Waals surface area contributed by atoms with Crippen molar-refractivity contribution in [3.8, 4) is 0 Å². The topological polar surface area (TPSA) is 75.4 Å². The smallest absolute Gasteiger partial charge is 0.243 e. The molecule has 0 bridgehead atoms. The first kappa shape index (κ1) is 20.4. The number of likely N-dealkylation sites (tertiary alicyclic amines) is 1. The van der Waals surface area contributed by atoms with Gasteiger partial charge in [0.15, 0.2) is 0 Å². The summed E-state index contributed by atoms with van der Waals surface area (Å²) in [5.41, 5.74) is 7.04. The molecule has 0 spiro atoms. The van der Waals surface area contributed by atoms with Gasteiger partial charge in [-0.3, -0.25) is 9.59 Å². The Hall–Kier alpha value is -1.30. The van der Waals surface area contributed by atoms with E-state index in [2.05, 4.69) is 5.32 Å². The zero-order valence-electron chi connectivity index (χ0n) is 15.4. The molecule has 2 fully saturated rings. The Labute approximate surface area is 170 Å². The van der Waals surface area contributed by atoms with Gasteiger partial charge in [0.1, 0.15) is 6.04 Å². The number of rotatable bonds is 5. The Bertz CT molecular complexity index is 692. The first-order valence-corrected chi connectivity index (χ1v) is 10.5. The van der Waals surface area contributed by atoms with Gasteiger partial charge in [0.05, 0.1) is 6.04 Å². The summed E-state index contributed by atoms with van der Waals surface area (Å²) in [4.78, 5) is 27.3. The molecule has 1 aromatic carbocycles. The van der Waals surface area contributed by atoms with Crippen LogP contribution in [-0.2, 0) is 16.1 Å². The monoisotopic (exact) mass is 411 g/mol. The van der Waals surface area contributed by atoms with Crippen LogP contribution in [0.1, 0.15) is 50.5 Å². The number of benzene rings is 1. The van der Waals surface area contributed by atoms with Crippen LogP contribution in [0.5, 0.6) is 0 Å². The van der Waals surface area contributed by atoms with E-state index in [0.29, 0.717) is 23.0 Å². The Morgan fingerprint density at radius 2 is 1.89 bits per heavy atom. The number of nitrogens with one attached hydrogen (secondary N) is 1. The highest BCUT2D eigenvalue weighted by molar-refractivity contribution is 6.33. The van der Waals surface area contributed by atoms with Crippen LogP contribution in [0.2, 0.25) is 10.0 Å². The molecule has 27 heavy (non-hydrogen) atoms. The molecular formula is C20H27Cl2N3O2. The van der Waals surface area contributed by atoms with Gasteiger partial charge >= 0.3 is 0 Å². The van der Waals surface area contributed by atoms with Crippen LogP contribution >= 0.6 is 23.2 Å². The summed E-state index contributed by atoms with van der Waals surface area (Å²) in [7, 11) is 0. The number of nitrogens with two attached hydrogens (primary N) is 1. The zero-order valence-corrected chi connectivity index (χ0v) is 16.9. The molecule has 1 aliphatic carbocycles. The fraction of sp³-hybridized carbons (Fsp3) is 0.600. The SMILES string of the molecule is N[C@H](C(=O)N1CCC[C@H]1C(=O)NCc1cc(Cl)ccc1Cl)C1CCCCC1. The largest absolute Gasteiger partial charge is 0.350 e. The van der Waals surface area contributed by atoms with Crippen molar-refractivity contribution in [2.75, 3.05) is 6.54 Å². The second kappa shape index (κ2) is 9.26. The molecule has 7 heteroatoms. The van der Waals surface area contributed by atoms with Gasteiger partial charge in [0, 0.05) is 23.1 Å². The third-order valence-electron chi connectivity index (χ3n) is 5.74. The fourth-order valence-electron chi connectivity index (χ4n) is 4.17. The number of amides is 2. The predicted molar refractivity (Wildman–Crippen MR) is 108 cm³/mol. The van der Waals surface area contributed by atoms with Crippen molar-refractivity contribution in [3.63, 3.8) is 0 Å². The van der Waals surface area contributed by atoms with E-state index in [-0.39, 0.29) is 24.3 Å². The molecule has 3 rings (SSSR count). The van der Waals surface area contributed by atoms with Gasteiger partial charge < -0.3 is 16.0 Å². The minimum Gasteiger partial charge on any atom is -0.350 e. The maximum absolute atomic E-state index is 12.9. The zero-order chi connectivity index (χ0) is 19.4. The van der Waals surface area contributed by atoms with E-state index in [1.165, 1.54) is 6.42 Å². The first-order chi connectivity index (χ1) is 13.0. The summed E-state index contributed by atoms with van der Waals surface area (Å²) in [5, 5.41) is 4.02. The lowest BCUT2D eigenvalue weighted by Gasteiger charge is -2.32. The van der Waals surface area contributed by atoms with Gasteiger partial charge in [-0.2, -0.15) is 0 Å². The van der Waals surface area contributed by atoms with E-state index in [0.717, 1.165) is 37.7 Å². The fourth-order valence-corrected chi connectivity index (χ4v) is 4.55. The molecule has 2 aliphatic rings. The van der Waals surface area contributed by atoms with E-state index < -0.39 is 12.1 Å². The average molecular weight is 412 g/mol. The van der Waals surface area contributed by atoms with Crippen LogP contribution in [0.4, 0.5) is 0 Å². The molecule has 3 N–H and O–H groups in total. The maximum atomic E-state index is 12.9. The second-order valence-corrected chi connectivity index (χ2v) is 8.41. The Morgan fingerprint density at radius 1 is 1.15 bits per heavy atom. The number of carbonyl (C=O) groups is 2. The maximum Gasteiger partial charge on any atom is 0.243 e. The van der Waals surface area contributed by atoms with Gasteiger partial charge in [-0.05, 0) is 55.4 Å². The van der Waals surface area contributed by atoms with Crippen molar-refractivity contribution in [3.05, 3.63) is 33.8 Å². The Balaban J connectivity index is 1.60. The van der Waals surface area contributed by atoms with E-state index >= 15 is 0 Å². The van der Waals surface area contributed by atoms with Crippen LogP contribution in [0.15, 0.2) is 18.2 Å². The molecule has 1 saturated heterocycles. The Morgan fingerprint density at radius 3 is 2.63 bits per heavy atom. The summed E-state index contributed by atoms with van der Waals surface area (Å²) >= 11 is 12.1. The highest BCUT2D eigenvalue weighted by atomic mass is 35.5. The number of carbonyl (C=O) groups excluding carboxylic acids is 2. The molecule has 2 atom stereocenters. The first-order valence-electron chi connectivity index (χ1n) is 9.75. The third-order valence-corrected chi connectivity index (χ3v) is 6.35. The molecule has 5 nitrogen and oxygen atoms in total. The number of hydrogen-bond acceptors (Lipinski definition) is 3. The van der Waals surface area contributed by atoms with E-state index in [1.807, 2.05) is 0 Å². The lowest BCUT2D eigenvalue weighted by atomic mass is 9.83. The van der Waals surface area contributed by atoms with Gasteiger partial charge in [0.25, 0.3) is 0 Å². The minimum atomic E-state index is -0.499. The summed E-state index contributed by atoms with van der Waals surface area (Å²) in [6.45, 7) is 0.876. The standard InChI is InChI=1S/C20H27Cl2N3O2/c21-15-8-9-16(22)14(11-15)12-24-19(26)17-7-4-10-25(17)20(27)18(23)13-5-2-1-3-6-13/h8-9,11,13,17-18H,1-7,10,12,23H2,(H,24,26)/t17-,18-/m0/s1. The van der Waals surface area contributed by atoms with E-state index in [1.54, 1.807) is 23.1 Å². The van der Waals surface area contributed by atoms with Gasteiger partial charge in [-0.25, -0.2) is 0 Å². The number of halogens is 2. The van der Waals surface area contributed by atoms with Crippen molar-refractivity contribution in [1.29, 1.82) is 0 Å². The van der Waals surface area contributed by atoms with Crippen LogP contribution in [-0.4, -0.2) is 35.3 Å². The molecule has 0 radical (unpaired) electrons. The number of hydrogen-bond donors (Lipinski definition) is 2. The van der Waals surface area contributed by atoms with Crippen molar-refractivity contribution in [1.82, 2.24) is 10.2 Å². The molecule has 1 saturated carbocycles. The number of nitrogens with zero attached hydrogens (tertiary/aromatic N) is 1. The predicted octanol–water partition coefficient (Wildman–Crippen LogP) is 3.51. The van der Waals surface area contributed by atoms with Crippen molar-refractivity contribution >= 4 is 35.0 Å². The van der Waals surface area contributed by atoms with Crippen molar-refractivity contribution in [2.24, 2.45) is 11.7 Å². The van der Waals surface area contributed by atoms with Crippen LogP contribution in [0.3, 0.4) is 0 Å². The molecule has 148 valence electrons. The quantitative estimate of drug-likeness (QED) is 0.777. The Kier molecular flexibility index (Phi) is 7.01. The third kappa shape index (κ3) is 4.95. The molecule has 1 heterocycles. The second-order valence-electron chi connectivity index (χ2n) is 7.57. The van der Waals surface area contributed by atoms with Gasteiger partial charge in [-0.1, -0.05) is 42.5 Å². The molecule has 0 unspecified atom stereocenters. The lowest BCUT2D eigenvalue weighted by Crippen LogP contribution is -2.53. The molecule has 1 aliphatic heterocycles. The summed E-state index contributed by atoms with van der Waals surface area (Å²) in [6.07, 6.45) is 6.98. The van der Waals surface area contributed by atoms with E-state index in [4.69, 9.17) is 28.9 Å². The molecular weight excluding hydrogens is 385 g/mol. The normalized spacial score (nSPS) is 21.9. The van der Waals surface area contributed by atoms with Crippen molar-refractivity contribution < 1.29 is 9.59 Å². The van der Waals surface area contributed by atoms with Crippen LogP contribution < -0.4 is 11.1 Å². The van der Waals surface area contributed by atoms with Gasteiger partial charge in [-0.15, -0.1) is 0 Å². The van der Waals surface area contributed by atoms with Crippen molar-refractivity contribution in [2.45, 2.75) is 63.6 Å². The molecule has 1 aromatic rings. The van der Waals surface area contributed by atoms with Crippen LogP contribution in [0.25, 0.3) is 0 Å². The summed E-state index contributed by atoms with van der Waals surface area (Å²) in [5.74, 6) is -0.00565. The van der Waals surface area contributed by atoms with E-state index in [9.17, 15) is 9.59 Å². The van der Waals surface area contributed by atoms with Gasteiger partial charge in [0.2, 0.25) is 11.8 Å². The molecule has 0 aromatic heterocycles.